The highest BCUT2D eigenvalue weighted by Crippen LogP contribution is 2.27. The van der Waals surface area contributed by atoms with Gasteiger partial charge in [0.2, 0.25) is 10.0 Å². The Balaban J connectivity index is 1.90. The zero-order valence-electron chi connectivity index (χ0n) is 17.5. The number of aryl methyl sites for hydroxylation is 2. The molecule has 8 heteroatoms. The van der Waals surface area contributed by atoms with Crippen LogP contribution in [0.25, 0.3) is 0 Å². The summed E-state index contributed by atoms with van der Waals surface area (Å²) in [5, 5.41) is 6.72. The second kappa shape index (κ2) is 8.67. The lowest BCUT2D eigenvalue weighted by molar-refractivity contribution is 0.102. The topological polar surface area (TPSA) is 92.5 Å². The molecule has 158 valence electrons. The third-order valence-electron chi connectivity index (χ3n) is 5.27. The number of carbonyl (C=O) groups excluding carboxylic acids is 1. The molecule has 0 bridgehead atoms. The molecule has 7 nitrogen and oxygen atoms in total. The van der Waals surface area contributed by atoms with Crippen LogP contribution in [0, 0.1) is 13.8 Å². The molecule has 0 aliphatic carbocycles. The predicted molar refractivity (Wildman–Crippen MR) is 112 cm³/mol. The fraction of sp³-hybridized carbons (Fsp3) is 0.524. The third kappa shape index (κ3) is 4.53. The van der Waals surface area contributed by atoms with Crippen LogP contribution in [0.1, 0.15) is 72.8 Å². The van der Waals surface area contributed by atoms with Gasteiger partial charge in [-0.15, -0.1) is 0 Å². The summed E-state index contributed by atoms with van der Waals surface area (Å²) in [6.07, 6.45) is 3.85. The molecule has 1 aromatic heterocycles. The highest BCUT2D eigenvalue weighted by Gasteiger charge is 2.28. The van der Waals surface area contributed by atoms with Crippen LogP contribution in [0.15, 0.2) is 27.6 Å². The lowest BCUT2D eigenvalue weighted by atomic mass is 10.0. The lowest BCUT2D eigenvalue weighted by Crippen LogP contribution is -2.32. The van der Waals surface area contributed by atoms with E-state index in [1.807, 2.05) is 13.8 Å². The van der Waals surface area contributed by atoms with Crippen molar-refractivity contribution >= 4 is 21.6 Å². The molecule has 0 atom stereocenters. The van der Waals surface area contributed by atoms with Crippen molar-refractivity contribution in [3.8, 4) is 0 Å². The molecule has 29 heavy (non-hydrogen) atoms. The summed E-state index contributed by atoms with van der Waals surface area (Å²) in [6, 6.07) is 4.99. The lowest BCUT2D eigenvalue weighted by Gasteiger charge is -2.21. The van der Waals surface area contributed by atoms with Gasteiger partial charge in [-0.3, -0.25) is 4.79 Å². The van der Waals surface area contributed by atoms with Crippen LogP contribution in [0.3, 0.4) is 0 Å². The van der Waals surface area contributed by atoms with E-state index in [1.165, 1.54) is 0 Å². The van der Waals surface area contributed by atoms with Crippen molar-refractivity contribution in [2.24, 2.45) is 0 Å². The van der Waals surface area contributed by atoms with Gasteiger partial charge in [-0.25, -0.2) is 8.42 Å². The number of sulfonamides is 1. The smallest absolute Gasteiger partial charge is 0.261 e. The summed E-state index contributed by atoms with van der Waals surface area (Å²) in [4.78, 5) is 13.1. The molecule has 1 fully saturated rings. The summed E-state index contributed by atoms with van der Waals surface area (Å²) in [7, 11) is -3.61. The van der Waals surface area contributed by atoms with E-state index in [0.717, 1.165) is 25.7 Å². The number of anilines is 1. The number of hydrogen-bond donors (Lipinski definition) is 1. The van der Waals surface area contributed by atoms with Crippen molar-refractivity contribution in [2.75, 3.05) is 18.4 Å². The van der Waals surface area contributed by atoms with Crippen LogP contribution in [-0.2, 0) is 10.0 Å². The van der Waals surface area contributed by atoms with Crippen LogP contribution in [0.5, 0.6) is 0 Å². The molecule has 1 aliphatic rings. The maximum Gasteiger partial charge on any atom is 0.261 e. The molecule has 0 radical (unpaired) electrons. The third-order valence-corrected chi connectivity index (χ3v) is 7.31. The van der Waals surface area contributed by atoms with Gasteiger partial charge in [-0.05, 0) is 44.4 Å². The molecule has 0 spiro atoms. The summed E-state index contributed by atoms with van der Waals surface area (Å²) < 4.78 is 33.3. The number of benzene rings is 1. The van der Waals surface area contributed by atoms with Crippen molar-refractivity contribution < 1.29 is 17.7 Å². The Kier molecular flexibility index (Phi) is 6.43. The largest absolute Gasteiger partial charge is 0.360 e. The summed E-state index contributed by atoms with van der Waals surface area (Å²) >= 11 is 0. The SMILES string of the molecule is Cc1ccc(NC(=O)c2c(C)noc2C(C)C)cc1S(=O)(=O)N1CCCCCC1. The molecule has 1 aliphatic heterocycles. The van der Waals surface area contributed by atoms with Crippen molar-refractivity contribution in [3.63, 3.8) is 0 Å². The first-order chi connectivity index (χ1) is 13.7. The Morgan fingerprint density at radius 1 is 1.14 bits per heavy atom. The number of aromatic nitrogens is 1. The molecule has 0 saturated carbocycles. The average molecular weight is 420 g/mol. The van der Waals surface area contributed by atoms with Gasteiger partial charge in [-0.2, -0.15) is 4.31 Å². The van der Waals surface area contributed by atoms with Crippen molar-refractivity contribution in [1.82, 2.24) is 9.46 Å². The van der Waals surface area contributed by atoms with Gasteiger partial charge >= 0.3 is 0 Å². The fourth-order valence-electron chi connectivity index (χ4n) is 3.63. The minimum absolute atomic E-state index is 0.00828. The van der Waals surface area contributed by atoms with E-state index in [0.29, 0.717) is 41.4 Å². The number of nitrogens with zero attached hydrogens (tertiary/aromatic N) is 2. The first-order valence-electron chi connectivity index (χ1n) is 10.1. The van der Waals surface area contributed by atoms with E-state index in [2.05, 4.69) is 10.5 Å². The van der Waals surface area contributed by atoms with E-state index in [9.17, 15) is 13.2 Å². The van der Waals surface area contributed by atoms with Crippen molar-refractivity contribution in [1.29, 1.82) is 0 Å². The quantitative estimate of drug-likeness (QED) is 0.783. The van der Waals surface area contributed by atoms with Gasteiger partial charge < -0.3 is 9.84 Å². The molecule has 0 unspecified atom stereocenters. The second-order valence-electron chi connectivity index (χ2n) is 7.91. The van der Waals surface area contributed by atoms with Gasteiger partial charge in [0.05, 0.1) is 10.6 Å². The molecule has 1 aromatic carbocycles. The van der Waals surface area contributed by atoms with Crippen LogP contribution in [0.2, 0.25) is 0 Å². The Hall–Kier alpha value is -2.19. The monoisotopic (exact) mass is 419 g/mol. The maximum absolute atomic E-state index is 13.2. The Bertz CT molecular complexity index is 987. The number of amides is 1. The zero-order valence-corrected chi connectivity index (χ0v) is 18.3. The summed E-state index contributed by atoms with van der Waals surface area (Å²) in [5.41, 5.74) is 2.01. The first-order valence-corrected chi connectivity index (χ1v) is 11.5. The predicted octanol–water partition coefficient (Wildman–Crippen LogP) is 4.23. The highest BCUT2D eigenvalue weighted by molar-refractivity contribution is 7.89. The maximum atomic E-state index is 13.2. The van der Waals surface area contributed by atoms with E-state index in [4.69, 9.17) is 4.52 Å². The Morgan fingerprint density at radius 2 is 1.79 bits per heavy atom. The molecule has 2 aromatic rings. The minimum Gasteiger partial charge on any atom is -0.360 e. The van der Waals surface area contributed by atoms with Gasteiger partial charge in [0.15, 0.2) is 5.76 Å². The van der Waals surface area contributed by atoms with Gasteiger partial charge in [0.25, 0.3) is 5.91 Å². The van der Waals surface area contributed by atoms with Crippen LogP contribution >= 0.6 is 0 Å². The summed E-state index contributed by atoms with van der Waals surface area (Å²) in [6.45, 7) is 8.42. The van der Waals surface area contributed by atoms with E-state index >= 15 is 0 Å². The zero-order chi connectivity index (χ0) is 21.2. The number of carbonyl (C=O) groups is 1. The van der Waals surface area contributed by atoms with E-state index in [-0.39, 0.29) is 16.7 Å². The Labute approximate surface area is 172 Å². The van der Waals surface area contributed by atoms with Crippen LogP contribution in [0.4, 0.5) is 5.69 Å². The number of nitrogens with one attached hydrogen (secondary N) is 1. The second-order valence-corrected chi connectivity index (χ2v) is 9.82. The molecule has 1 N–H and O–H groups in total. The molecule has 2 heterocycles. The van der Waals surface area contributed by atoms with E-state index in [1.54, 1.807) is 36.4 Å². The average Bonchev–Trinajstić information content (AvgIpc) is 2.87. The summed E-state index contributed by atoms with van der Waals surface area (Å²) in [5.74, 6) is 0.174. The highest BCUT2D eigenvalue weighted by atomic mass is 32.2. The standard InChI is InChI=1S/C21H29N3O4S/c1-14(2)20-19(16(4)23-28-20)21(25)22-17-10-9-15(3)18(13-17)29(26,27)24-11-7-5-6-8-12-24/h9-10,13-14H,5-8,11-12H2,1-4H3,(H,22,25). The van der Waals surface area contributed by atoms with Crippen molar-refractivity contribution in [2.45, 2.75) is 64.2 Å². The fourth-order valence-corrected chi connectivity index (χ4v) is 5.40. The van der Waals surface area contributed by atoms with Gasteiger partial charge in [0.1, 0.15) is 5.56 Å². The van der Waals surface area contributed by atoms with Gasteiger partial charge in [0, 0.05) is 24.7 Å². The normalized spacial score (nSPS) is 16.0. The number of hydrogen-bond acceptors (Lipinski definition) is 5. The molecular formula is C21H29N3O4S. The van der Waals surface area contributed by atoms with Crippen LogP contribution in [-0.4, -0.2) is 36.9 Å². The first kappa shape index (κ1) is 21.5. The van der Waals surface area contributed by atoms with Crippen molar-refractivity contribution in [3.05, 3.63) is 40.8 Å². The molecule has 3 rings (SSSR count). The van der Waals surface area contributed by atoms with E-state index < -0.39 is 10.0 Å². The Morgan fingerprint density at radius 3 is 2.41 bits per heavy atom. The number of rotatable bonds is 5. The molecular weight excluding hydrogens is 390 g/mol. The van der Waals surface area contributed by atoms with Crippen LogP contribution < -0.4 is 5.32 Å². The minimum atomic E-state index is -3.61. The molecule has 1 amide bonds. The molecule has 1 saturated heterocycles. The van der Waals surface area contributed by atoms with Gasteiger partial charge in [-0.1, -0.05) is 37.9 Å².